The third-order valence-electron chi connectivity index (χ3n) is 3.77. The number of carbonyl (C=O) groups excluding carboxylic acids is 1. The third kappa shape index (κ3) is 5.61. The maximum atomic E-state index is 10.9. The van der Waals surface area contributed by atoms with Crippen LogP contribution >= 0.6 is 0 Å². The molecule has 0 saturated heterocycles. The molecule has 0 aliphatic carbocycles. The molecule has 0 saturated carbocycles. The predicted molar refractivity (Wildman–Crippen MR) is 105 cm³/mol. The van der Waals surface area contributed by atoms with Gasteiger partial charge in [-0.15, -0.1) is 0 Å². The molecule has 0 spiro atoms. The van der Waals surface area contributed by atoms with Crippen LogP contribution in [-0.2, 0) is 11.3 Å². The highest BCUT2D eigenvalue weighted by molar-refractivity contribution is 5.80. The number of benzene rings is 1. The number of rotatable bonds is 7. The molecule has 0 bridgehead atoms. The van der Waals surface area contributed by atoms with Gasteiger partial charge in [0.05, 0.1) is 17.9 Å². The Balaban J connectivity index is 2.11. The van der Waals surface area contributed by atoms with E-state index in [0.717, 1.165) is 35.1 Å². The van der Waals surface area contributed by atoms with Crippen LogP contribution in [0.3, 0.4) is 0 Å². The highest BCUT2D eigenvalue weighted by Gasteiger charge is 2.08. The van der Waals surface area contributed by atoms with Crippen molar-refractivity contribution in [2.75, 3.05) is 19.6 Å². The Morgan fingerprint density at radius 3 is 2.54 bits per heavy atom. The molecule has 0 fully saturated rings. The summed E-state index contributed by atoms with van der Waals surface area (Å²) < 4.78 is 1.96. The summed E-state index contributed by atoms with van der Waals surface area (Å²) in [5.74, 6) is 0.688. The number of guanidine groups is 1. The first-order chi connectivity index (χ1) is 12.5. The minimum Gasteiger partial charge on any atom is -0.357 e. The maximum Gasteiger partial charge on any atom is 0.216 e. The second-order valence-corrected chi connectivity index (χ2v) is 6.07. The summed E-state index contributed by atoms with van der Waals surface area (Å²) in [5.41, 5.74) is 4.22. The number of para-hydroxylation sites is 1. The van der Waals surface area contributed by atoms with E-state index in [1.807, 2.05) is 37.6 Å². The summed E-state index contributed by atoms with van der Waals surface area (Å²) in [7, 11) is 0. The van der Waals surface area contributed by atoms with E-state index in [1.165, 1.54) is 6.92 Å². The maximum absolute atomic E-state index is 10.9. The van der Waals surface area contributed by atoms with Gasteiger partial charge in [0.1, 0.15) is 0 Å². The van der Waals surface area contributed by atoms with Crippen molar-refractivity contribution >= 4 is 11.9 Å². The number of nitrogens with one attached hydrogen (secondary N) is 3. The van der Waals surface area contributed by atoms with E-state index < -0.39 is 0 Å². The van der Waals surface area contributed by atoms with Gasteiger partial charge in [0, 0.05) is 32.3 Å². The van der Waals surface area contributed by atoms with Gasteiger partial charge >= 0.3 is 0 Å². The average Bonchev–Trinajstić information content (AvgIpc) is 2.94. The lowest BCUT2D eigenvalue weighted by atomic mass is 10.2. The zero-order chi connectivity index (χ0) is 18.9. The summed E-state index contributed by atoms with van der Waals surface area (Å²) in [6.07, 6.45) is 0. The summed E-state index contributed by atoms with van der Waals surface area (Å²) in [4.78, 5) is 15.6. The number of amides is 1. The summed E-state index contributed by atoms with van der Waals surface area (Å²) >= 11 is 0. The van der Waals surface area contributed by atoms with Crippen LogP contribution in [0.4, 0.5) is 0 Å². The molecule has 0 atom stereocenters. The molecule has 1 amide bonds. The normalized spacial score (nSPS) is 11.3. The Bertz CT molecular complexity index is 765. The van der Waals surface area contributed by atoms with E-state index in [-0.39, 0.29) is 5.91 Å². The Morgan fingerprint density at radius 2 is 1.88 bits per heavy atom. The van der Waals surface area contributed by atoms with Crippen LogP contribution in [0, 0.1) is 13.8 Å². The van der Waals surface area contributed by atoms with Gasteiger partial charge in [-0.05, 0) is 38.5 Å². The molecule has 1 heterocycles. The fourth-order valence-electron chi connectivity index (χ4n) is 2.65. The second-order valence-electron chi connectivity index (χ2n) is 6.07. The van der Waals surface area contributed by atoms with Crippen LogP contribution in [0.1, 0.15) is 30.8 Å². The number of nitrogens with zero attached hydrogens (tertiary/aromatic N) is 3. The number of aryl methyl sites for hydroxylation is 2. The average molecular weight is 356 g/mol. The van der Waals surface area contributed by atoms with E-state index in [2.05, 4.69) is 44.2 Å². The van der Waals surface area contributed by atoms with Crippen LogP contribution in [0.25, 0.3) is 5.69 Å². The topological polar surface area (TPSA) is 83.3 Å². The van der Waals surface area contributed by atoms with Crippen LogP contribution in [0.15, 0.2) is 35.3 Å². The van der Waals surface area contributed by atoms with Crippen molar-refractivity contribution in [2.24, 2.45) is 4.99 Å². The first kappa shape index (κ1) is 19.5. The summed E-state index contributed by atoms with van der Waals surface area (Å²) in [6.45, 7) is 10.0. The molecular formula is C19H28N6O. The minimum absolute atomic E-state index is 0.0347. The van der Waals surface area contributed by atoms with Gasteiger partial charge in [0.25, 0.3) is 0 Å². The molecule has 7 nitrogen and oxygen atoms in total. The van der Waals surface area contributed by atoms with Crippen molar-refractivity contribution in [3.8, 4) is 5.69 Å². The molecular weight excluding hydrogens is 328 g/mol. The summed E-state index contributed by atoms with van der Waals surface area (Å²) in [6, 6.07) is 10.2. The molecule has 1 aromatic heterocycles. The molecule has 0 unspecified atom stereocenters. The fourth-order valence-corrected chi connectivity index (χ4v) is 2.65. The van der Waals surface area contributed by atoms with Crippen LogP contribution in [0.2, 0.25) is 0 Å². The lowest BCUT2D eigenvalue weighted by molar-refractivity contribution is -0.118. The Hall–Kier alpha value is -2.83. The minimum atomic E-state index is -0.0347. The SMILES string of the molecule is CCNC(=NCc1ccccc1-n1nc(C)cc1C)NCCNC(C)=O. The number of hydrogen-bond donors (Lipinski definition) is 3. The highest BCUT2D eigenvalue weighted by Crippen LogP contribution is 2.17. The smallest absolute Gasteiger partial charge is 0.216 e. The molecule has 2 aromatic rings. The lowest BCUT2D eigenvalue weighted by Gasteiger charge is -2.13. The second kappa shape index (κ2) is 9.60. The van der Waals surface area contributed by atoms with Gasteiger partial charge in [-0.2, -0.15) is 5.10 Å². The van der Waals surface area contributed by atoms with E-state index in [0.29, 0.717) is 19.6 Å². The van der Waals surface area contributed by atoms with Gasteiger partial charge in [-0.1, -0.05) is 18.2 Å². The quantitative estimate of drug-likeness (QED) is 0.400. The highest BCUT2D eigenvalue weighted by atomic mass is 16.1. The van der Waals surface area contributed by atoms with Gasteiger partial charge in [-0.25, -0.2) is 9.67 Å². The molecule has 0 radical (unpaired) electrons. The van der Waals surface area contributed by atoms with Gasteiger partial charge in [0.15, 0.2) is 5.96 Å². The number of aromatic nitrogens is 2. The van der Waals surface area contributed by atoms with Crippen molar-refractivity contribution in [1.82, 2.24) is 25.7 Å². The first-order valence-electron chi connectivity index (χ1n) is 8.89. The number of carbonyl (C=O) groups is 1. The van der Waals surface area contributed by atoms with Crippen LogP contribution < -0.4 is 16.0 Å². The van der Waals surface area contributed by atoms with Crippen molar-refractivity contribution < 1.29 is 4.79 Å². The van der Waals surface area contributed by atoms with Crippen molar-refractivity contribution in [2.45, 2.75) is 34.2 Å². The van der Waals surface area contributed by atoms with Gasteiger partial charge in [0.2, 0.25) is 5.91 Å². The molecule has 140 valence electrons. The first-order valence-corrected chi connectivity index (χ1v) is 8.89. The monoisotopic (exact) mass is 356 g/mol. The van der Waals surface area contributed by atoms with E-state index >= 15 is 0 Å². The van der Waals surface area contributed by atoms with Crippen molar-refractivity contribution in [3.63, 3.8) is 0 Å². The molecule has 0 aliphatic rings. The molecule has 3 N–H and O–H groups in total. The number of aliphatic imine (C=N–C) groups is 1. The molecule has 1 aromatic carbocycles. The van der Waals surface area contributed by atoms with Crippen molar-refractivity contribution in [3.05, 3.63) is 47.3 Å². The van der Waals surface area contributed by atoms with Crippen LogP contribution in [-0.4, -0.2) is 41.3 Å². The molecule has 7 heteroatoms. The zero-order valence-corrected chi connectivity index (χ0v) is 16.0. The Morgan fingerprint density at radius 1 is 1.15 bits per heavy atom. The standard InChI is InChI=1S/C19H28N6O/c1-5-20-19(22-11-10-21-16(4)26)23-13-17-8-6-7-9-18(17)25-15(3)12-14(2)24-25/h6-9,12H,5,10-11,13H2,1-4H3,(H,21,26)(H2,20,22,23). The van der Waals surface area contributed by atoms with Crippen LogP contribution in [0.5, 0.6) is 0 Å². The van der Waals surface area contributed by atoms with Gasteiger partial charge < -0.3 is 16.0 Å². The Kier molecular flexibility index (Phi) is 7.20. The molecule has 2 rings (SSSR count). The Labute approximate surface area is 154 Å². The van der Waals surface area contributed by atoms with E-state index in [9.17, 15) is 4.79 Å². The third-order valence-corrected chi connectivity index (χ3v) is 3.77. The number of hydrogen-bond acceptors (Lipinski definition) is 3. The zero-order valence-electron chi connectivity index (χ0n) is 16.0. The van der Waals surface area contributed by atoms with E-state index in [4.69, 9.17) is 0 Å². The molecule has 26 heavy (non-hydrogen) atoms. The fraction of sp³-hybridized carbons (Fsp3) is 0.421. The lowest BCUT2D eigenvalue weighted by Crippen LogP contribution is -2.41. The summed E-state index contributed by atoms with van der Waals surface area (Å²) in [5, 5.41) is 13.8. The van der Waals surface area contributed by atoms with E-state index in [1.54, 1.807) is 0 Å². The van der Waals surface area contributed by atoms with Crippen molar-refractivity contribution in [1.29, 1.82) is 0 Å². The largest absolute Gasteiger partial charge is 0.357 e. The predicted octanol–water partition coefficient (Wildman–Crippen LogP) is 1.68. The van der Waals surface area contributed by atoms with Gasteiger partial charge in [-0.3, -0.25) is 4.79 Å². The molecule has 0 aliphatic heterocycles.